The van der Waals surface area contributed by atoms with Crippen molar-refractivity contribution in [1.82, 2.24) is 5.32 Å². The molecule has 0 aliphatic carbocycles. The lowest BCUT2D eigenvalue weighted by Crippen LogP contribution is -2.40. The maximum Gasteiger partial charge on any atom is 0.339 e. The quantitative estimate of drug-likeness (QED) is 0.652. The first kappa shape index (κ1) is 19.5. The van der Waals surface area contributed by atoms with Crippen molar-refractivity contribution in [2.75, 3.05) is 0 Å². The van der Waals surface area contributed by atoms with Gasteiger partial charge in [0.15, 0.2) is 0 Å². The first-order chi connectivity index (χ1) is 12.3. The van der Waals surface area contributed by atoms with E-state index < -0.39 is 23.5 Å². The van der Waals surface area contributed by atoms with Crippen LogP contribution < -0.4 is 10.9 Å². The molecule has 1 amide bonds. The molecule has 1 heterocycles. The number of aromatic hydroxyl groups is 1. The number of phenols is 1. The van der Waals surface area contributed by atoms with Crippen molar-refractivity contribution in [3.63, 3.8) is 0 Å². The van der Waals surface area contributed by atoms with Crippen LogP contribution in [0.3, 0.4) is 0 Å². The molecule has 0 bridgehead atoms. The summed E-state index contributed by atoms with van der Waals surface area (Å²) >= 11 is 0. The van der Waals surface area contributed by atoms with Crippen molar-refractivity contribution in [1.29, 1.82) is 0 Å². The van der Waals surface area contributed by atoms with Gasteiger partial charge in [-0.05, 0) is 44.4 Å². The van der Waals surface area contributed by atoms with E-state index in [0.29, 0.717) is 40.5 Å². The second-order valence-corrected chi connectivity index (χ2v) is 6.33. The van der Waals surface area contributed by atoms with Crippen molar-refractivity contribution in [3.05, 3.63) is 39.2 Å². The molecule has 0 saturated carbocycles. The van der Waals surface area contributed by atoms with E-state index in [0.717, 1.165) is 0 Å². The Morgan fingerprint density at radius 2 is 1.92 bits per heavy atom. The Morgan fingerprint density at radius 1 is 1.23 bits per heavy atom. The second-order valence-electron chi connectivity index (χ2n) is 6.33. The zero-order valence-corrected chi connectivity index (χ0v) is 15.1. The molecule has 1 aromatic carbocycles. The third kappa shape index (κ3) is 4.04. The SMILES string of the molecule is CCC[C@H](NC(=O)CCc1c(C)c2ccc(O)c(C)c2oc1=O)C(=O)O. The Morgan fingerprint density at radius 3 is 2.54 bits per heavy atom. The summed E-state index contributed by atoms with van der Waals surface area (Å²) in [6, 6.07) is 2.28. The highest BCUT2D eigenvalue weighted by Gasteiger charge is 2.20. The van der Waals surface area contributed by atoms with E-state index in [2.05, 4.69) is 5.32 Å². The van der Waals surface area contributed by atoms with E-state index in [-0.39, 0.29) is 18.6 Å². The van der Waals surface area contributed by atoms with E-state index in [1.54, 1.807) is 19.9 Å². The fraction of sp³-hybridized carbons (Fsp3) is 0.421. The van der Waals surface area contributed by atoms with Gasteiger partial charge in [-0.1, -0.05) is 13.3 Å². The maximum atomic E-state index is 12.3. The molecular formula is C19H23NO6. The predicted molar refractivity (Wildman–Crippen MR) is 96.4 cm³/mol. The van der Waals surface area contributed by atoms with Crippen LogP contribution >= 0.6 is 0 Å². The van der Waals surface area contributed by atoms with Crippen molar-refractivity contribution in [3.8, 4) is 5.75 Å². The lowest BCUT2D eigenvalue weighted by atomic mass is 10.00. The van der Waals surface area contributed by atoms with Crippen LogP contribution in [-0.2, 0) is 16.0 Å². The summed E-state index contributed by atoms with van der Waals surface area (Å²) in [5.41, 5.74) is 1.32. The Kier molecular flexibility index (Phi) is 6.02. The van der Waals surface area contributed by atoms with Crippen molar-refractivity contribution in [2.24, 2.45) is 0 Å². The molecule has 0 spiro atoms. The monoisotopic (exact) mass is 361 g/mol. The summed E-state index contributed by atoms with van der Waals surface area (Å²) in [5.74, 6) is -1.45. The molecule has 7 heteroatoms. The van der Waals surface area contributed by atoms with E-state index in [1.807, 2.05) is 6.92 Å². The van der Waals surface area contributed by atoms with Crippen LogP contribution in [-0.4, -0.2) is 28.1 Å². The van der Waals surface area contributed by atoms with Gasteiger partial charge in [0.2, 0.25) is 5.91 Å². The van der Waals surface area contributed by atoms with Crippen LogP contribution in [0.15, 0.2) is 21.3 Å². The molecule has 0 fully saturated rings. The van der Waals surface area contributed by atoms with Crippen molar-refractivity contribution >= 4 is 22.8 Å². The zero-order valence-electron chi connectivity index (χ0n) is 15.1. The van der Waals surface area contributed by atoms with Gasteiger partial charge >= 0.3 is 11.6 Å². The molecule has 3 N–H and O–H groups in total. The van der Waals surface area contributed by atoms with E-state index in [9.17, 15) is 19.5 Å². The minimum Gasteiger partial charge on any atom is -0.508 e. The number of amides is 1. The Balaban J connectivity index is 2.21. The predicted octanol–water partition coefficient (Wildman–Crippen LogP) is 2.42. The number of carbonyl (C=O) groups excluding carboxylic acids is 1. The molecule has 26 heavy (non-hydrogen) atoms. The van der Waals surface area contributed by atoms with Gasteiger partial charge in [0.1, 0.15) is 17.4 Å². The van der Waals surface area contributed by atoms with Gasteiger partial charge in [-0.15, -0.1) is 0 Å². The van der Waals surface area contributed by atoms with Crippen LogP contribution in [0.5, 0.6) is 5.75 Å². The van der Waals surface area contributed by atoms with Gasteiger partial charge in [-0.3, -0.25) is 4.79 Å². The molecular weight excluding hydrogens is 338 g/mol. The Hall–Kier alpha value is -2.83. The minimum atomic E-state index is -1.07. The van der Waals surface area contributed by atoms with Crippen LogP contribution in [0.25, 0.3) is 11.0 Å². The topological polar surface area (TPSA) is 117 Å². The number of hydrogen-bond donors (Lipinski definition) is 3. The van der Waals surface area contributed by atoms with E-state index >= 15 is 0 Å². The number of hydrogen-bond acceptors (Lipinski definition) is 5. The molecule has 0 unspecified atom stereocenters. The highest BCUT2D eigenvalue weighted by atomic mass is 16.4. The summed E-state index contributed by atoms with van der Waals surface area (Å²) in [4.78, 5) is 35.5. The highest BCUT2D eigenvalue weighted by molar-refractivity contribution is 5.86. The zero-order chi connectivity index (χ0) is 19.4. The number of benzene rings is 1. The second kappa shape index (κ2) is 8.03. The maximum absolute atomic E-state index is 12.3. The number of carbonyl (C=O) groups is 2. The number of aryl methyl sites for hydroxylation is 2. The van der Waals surface area contributed by atoms with Crippen LogP contribution in [0, 0.1) is 13.8 Å². The molecule has 7 nitrogen and oxygen atoms in total. The number of carboxylic acid groups (broad SMARTS) is 1. The molecule has 0 aliphatic heterocycles. The molecule has 1 aromatic heterocycles. The number of aliphatic carboxylic acids is 1. The van der Waals surface area contributed by atoms with Crippen LogP contribution in [0.4, 0.5) is 0 Å². The summed E-state index contributed by atoms with van der Waals surface area (Å²) in [6.07, 6.45) is 1.12. The van der Waals surface area contributed by atoms with Crippen LogP contribution in [0.2, 0.25) is 0 Å². The molecule has 2 rings (SSSR count). The van der Waals surface area contributed by atoms with Gasteiger partial charge in [-0.2, -0.15) is 0 Å². The first-order valence-electron chi connectivity index (χ1n) is 8.53. The smallest absolute Gasteiger partial charge is 0.339 e. The van der Waals surface area contributed by atoms with Gasteiger partial charge < -0.3 is 19.9 Å². The molecule has 1 atom stereocenters. The molecule has 0 radical (unpaired) electrons. The van der Waals surface area contributed by atoms with Gasteiger partial charge in [0.25, 0.3) is 0 Å². The van der Waals surface area contributed by atoms with Crippen molar-refractivity contribution in [2.45, 2.75) is 52.5 Å². The van der Waals surface area contributed by atoms with E-state index in [1.165, 1.54) is 6.07 Å². The third-order valence-electron chi connectivity index (χ3n) is 4.49. The minimum absolute atomic E-state index is 0.0122. The molecule has 0 saturated heterocycles. The number of rotatable bonds is 7. The van der Waals surface area contributed by atoms with Gasteiger partial charge in [0, 0.05) is 22.9 Å². The number of nitrogens with one attached hydrogen (secondary N) is 1. The summed E-state index contributed by atoms with van der Waals surface area (Å²) < 4.78 is 5.33. The Labute approximate surface area is 150 Å². The fourth-order valence-electron chi connectivity index (χ4n) is 2.92. The molecule has 2 aromatic rings. The normalized spacial score (nSPS) is 12.1. The third-order valence-corrected chi connectivity index (χ3v) is 4.49. The standard InChI is InChI=1S/C19H23NO6/c1-4-5-14(18(23)24)20-16(22)9-7-13-10(2)12-6-8-15(21)11(3)17(12)26-19(13)25/h6,8,14,21H,4-5,7,9H2,1-3H3,(H,20,22)(H,23,24)/t14-/m0/s1. The highest BCUT2D eigenvalue weighted by Crippen LogP contribution is 2.28. The summed E-state index contributed by atoms with van der Waals surface area (Å²) in [5, 5.41) is 22.0. The Bertz CT molecular complexity index is 899. The largest absolute Gasteiger partial charge is 0.508 e. The number of fused-ring (bicyclic) bond motifs is 1. The van der Waals surface area contributed by atoms with Crippen molar-refractivity contribution < 1.29 is 24.2 Å². The van der Waals surface area contributed by atoms with Gasteiger partial charge in [-0.25, -0.2) is 9.59 Å². The first-order valence-corrected chi connectivity index (χ1v) is 8.53. The number of phenolic OH excluding ortho intramolecular Hbond substituents is 1. The number of carboxylic acids is 1. The summed E-state index contributed by atoms with van der Waals surface area (Å²) in [7, 11) is 0. The molecule has 140 valence electrons. The van der Waals surface area contributed by atoms with Crippen LogP contribution in [0.1, 0.15) is 42.9 Å². The average molecular weight is 361 g/mol. The fourth-order valence-corrected chi connectivity index (χ4v) is 2.92. The lowest BCUT2D eigenvalue weighted by Gasteiger charge is -2.14. The van der Waals surface area contributed by atoms with Gasteiger partial charge in [0.05, 0.1) is 0 Å². The lowest BCUT2D eigenvalue weighted by molar-refractivity contribution is -0.142. The summed E-state index contributed by atoms with van der Waals surface area (Å²) in [6.45, 7) is 5.26. The van der Waals surface area contributed by atoms with E-state index in [4.69, 9.17) is 9.52 Å². The average Bonchev–Trinajstić information content (AvgIpc) is 2.58. The molecule has 0 aliphatic rings.